The highest BCUT2D eigenvalue weighted by Crippen LogP contribution is 2.35. The molecule has 0 fully saturated rings. The first-order chi connectivity index (χ1) is 11.9. The number of sulfone groups is 1. The highest BCUT2D eigenvalue weighted by Gasteiger charge is 2.12. The van der Waals surface area contributed by atoms with Crippen molar-refractivity contribution in [3.63, 3.8) is 0 Å². The van der Waals surface area contributed by atoms with Crippen molar-refractivity contribution in [3.8, 4) is 0 Å². The van der Waals surface area contributed by atoms with E-state index in [2.05, 4.69) is 31.2 Å². The lowest BCUT2D eigenvalue weighted by Crippen LogP contribution is -1.98. The summed E-state index contributed by atoms with van der Waals surface area (Å²) in [6, 6.07) is 10.7. The molecule has 0 atom stereocenters. The van der Waals surface area contributed by atoms with Crippen molar-refractivity contribution in [1.82, 2.24) is 9.97 Å². The van der Waals surface area contributed by atoms with Crippen LogP contribution in [-0.4, -0.2) is 24.6 Å². The highest BCUT2D eigenvalue weighted by molar-refractivity contribution is 9.10. The van der Waals surface area contributed by atoms with E-state index in [9.17, 15) is 8.42 Å². The smallest absolute Gasteiger partial charge is 0.175 e. The van der Waals surface area contributed by atoms with Crippen LogP contribution in [0.3, 0.4) is 0 Å². The van der Waals surface area contributed by atoms with Gasteiger partial charge in [-0.15, -0.1) is 11.3 Å². The van der Waals surface area contributed by atoms with Crippen molar-refractivity contribution in [3.05, 3.63) is 52.6 Å². The normalized spacial score (nSPS) is 11.9. The number of fused-ring (bicyclic) bond motifs is 2. The zero-order valence-corrected chi connectivity index (χ0v) is 16.2. The minimum Gasteiger partial charge on any atom is -0.354 e. The lowest BCUT2D eigenvalue weighted by molar-refractivity contribution is 0.602. The molecule has 0 spiro atoms. The number of hydrogen-bond donors (Lipinski definition) is 1. The van der Waals surface area contributed by atoms with Gasteiger partial charge in [0, 0.05) is 23.5 Å². The minimum atomic E-state index is -3.29. The van der Waals surface area contributed by atoms with Gasteiger partial charge in [0.15, 0.2) is 9.84 Å². The summed E-state index contributed by atoms with van der Waals surface area (Å²) in [5.41, 5.74) is 5.06. The molecule has 0 saturated carbocycles. The van der Waals surface area contributed by atoms with Gasteiger partial charge >= 0.3 is 0 Å². The maximum Gasteiger partial charge on any atom is 0.175 e. The second kappa shape index (κ2) is 6.05. The lowest BCUT2D eigenvalue weighted by atomic mass is 10.2. The number of rotatable bonds is 3. The molecule has 0 aliphatic heterocycles. The van der Waals surface area contributed by atoms with E-state index in [0.29, 0.717) is 0 Å². The van der Waals surface area contributed by atoms with E-state index in [1.807, 2.05) is 18.2 Å². The Bertz CT molecular complexity index is 1220. The van der Waals surface area contributed by atoms with Crippen LogP contribution >= 0.6 is 27.3 Å². The molecule has 8 heteroatoms. The summed E-state index contributed by atoms with van der Waals surface area (Å²) in [6.45, 7) is 0. The van der Waals surface area contributed by atoms with Gasteiger partial charge in [-0.05, 0) is 52.3 Å². The van der Waals surface area contributed by atoms with Gasteiger partial charge in [-0.1, -0.05) is 0 Å². The second-order valence-electron chi connectivity index (χ2n) is 5.56. The summed E-state index contributed by atoms with van der Waals surface area (Å²) in [7, 11) is -3.29. The molecule has 1 N–H and O–H groups in total. The fourth-order valence-electron chi connectivity index (χ4n) is 2.60. The summed E-state index contributed by atoms with van der Waals surface area (Å²) >= 11 is 5.18. The van der Waals surface area contributed by atoms with E-state index in [4.69, 9.17) is 0 Å². The third-order valence-corrected chi connectivity index (χ3v) is 6.56. The predicted octanol–water partition coefficient (Wildman–Crippen LogP) is 4.75. The molecule has 0 bridgehead atoms. The van der Waals surface area contributed by atoms with Gasteiger partial charge in [0.2, 0.25) is 0 Å². The molecule has 4 aromatic rings. The van der Waals surface area contributed by atoms with Crippen molar-refractivity contribution in [1.29, 1.82) is 0 Å². The van der Waals surface area contributed by atoms with E-state index in [-0.39, 0.29) is 4.90 Å². The van der Waals surface area contributed by atoms with Crippen LogP contribution in [0.2, 0.25) is 0 Å². The van der Waals surface area contributed by atoms with Gasteiger partial charge in [-0.2, -0.15) is 0 Å². The van der Waals surface area contributed by atoms with Crippen LogP contribution in [0.25, 0.3) is 21.1 Å². The van der Waals surface area contributed by atoms with Crippen LogP contribution in [-0.2, 0) is 9.84 Å². The Morgan fingerprint density at radius 3 is 2.72 bits per heavy atom. The molecule has 0 aliphatic carbocycles. The standard InChI is InChI=1S/C17H12BrN3O2S2/c1-25(22,23)10-2-3-12-11(8-10)13(6-7-19-12)21-14-4-5-15-17(16(14)18)20-9-24-15/h2-9H,1H3,(H,19,21). The molecule has 5 nitrogen and oxygen atoms in total. The summed E-state index contributed by atoms with van der Waals surface area (Å²) < 4.78 is 25.7. The first-order valence-electron chi connectivity index (χ1n) is 7.31. The van der Waals surface area contributed by atoms with Crippen LogP contribution in [0.15, 0.2) is 57.5 Å². The number of nitrogens with zero attached hydrogens (tertiary/aromatic N) is 2. The van der Waals surface area contributed by atoms with E-state index >= 15 is 0 Å². The van der Waals surface area contributed by atoms with Crippen LogP contribution in [0.5, 0.6) is 0 Å². The van der Waals surface area contributed by atoms with Crippen LogP contribution in [0.1, 0.15) is 0 Å². The maximum absolute atomic E-state index is 11.9. The quantitative estimate of drug-likeness (QED) is 0.504. The lowest BCUT2D eigenvalue weighted by Gasteiger charge is -2.12. The molecule has 0 radical (unpaired) electrons. The number of benzene rings is 2. The predicted molar refractivity (Wildman–Crippen MR) is 105 cm³/mol. The molecule has 2 heterocycles. The molecular formula is C17H12BrN3O2S2. The van der Waals surface area contributed by atoms with E-state index < -0.39 is 9.84 Å². The van der Waals surface area contributed by atoms with Gasteiger partial charge < -0.3 is 5.32 Å². The average Bonchev–Trinajstić information content (AvgIpc) is 3.06. The van der Waals surface area contributed by atoms with E-state index in [1.54, 1.807) is 41.2 Å². The summed E-state index contributed by atoms with van der Waals surface area (Å²) in [4.78, 5) is 8.95. The van der Waals surface area contributed by atoms with Crippen LogP contribution in [0, 0.1) is 0 Å². The average molecular weight is 434 g/mol. The van der Waals surface area contributed by atoms with Crippen LogP contribution in [0.4, 0.5) is 11.4 Å². The third kappa shape index (κ3) is 3.01. The van der Waals surface area contributed by atoms with Crippen molar-refractivity contribution < 1.29 is 8.42 Å². The number of halogens is 1. The van der Waals surface area contributed by atoms with Crippen LogP contribution < -0.4 is 5.32 Å². The molecule has 2 aromatic carbocycles. The fourth-order valence-corrected chi connectivity index (χ4v) is 4.62. The third-order valence-electron chi connectivity index (χ3n) is 3.85. The van der Waals surface area contributed by atoms with Gasteiger partial charge in [-0.3, -0.25) is 4.98 Å². The van der Waals surface area contributed by atoms with Gasteiger partial charge in [-0.25, -0.2) is 13.4 Å². The fraction of sp³-hybridized carbons (Fsp3) is 0.0588. The van der Waals surface area contributed by atoms with Gasteiger partial charge in [0.25, 0.3) is 0 Å². The Morgan fingerprint density at radius 1 is 1.08 bits per heavy atom. The summed E-state index contributed by atoms with van der Waals surface area (Å²) in [5.74, 6) is 0. The van der Waals surface area contributed by atoms with Crippen molar-refractivity contribution in [2.75, 3.05) is 11.6 Å². The zero-order chi connectivity index (χ0) is 17.6. The number of thiazole rings is 1. The van der Waals surface area contributed by atoms with Gasteiger partial charge in [0.1, 0.15) is 0 Å². The monoisotopic (exact) mass is 433 g/mol. The van der Waals surface area contributed by atoms with E-state index in [0.717, 1.165) is 37.0 Å². The Kier molecular flexibility index (Phi) is 3.98. The molecule has 25 heavy (non-hydrogen) atoms. The molecule has 4 rings (SSSR count). The van der Waals surface area contributed by atoms with Crippen molar-refractivity contribution in [2.45, 2.75) is 4.90 Å². The number of anilines is 2. The van der Waals surface area contributed by atoms with Crippen molar-refractivity contribution >= 4 is 69.6 Å². The second-order valence-corrected chi connectivity index (χ2v) is 9.26. The zero-order valence-electron chi connectivity index (χ0n) is 13.0. The number of aromatic nitrogens is 2. The van der Waals surface area contributed by atoms with Crippen molar-refractivity contribution in [2.24, 2.45) is 0 Å². The minimum absolute atomic E-state index is 0.269. The molecule has 0 unspecified atom stereocenters. The molecule has 0 amide bonds. The summed E-state index contributed by atoms with van der Waals surface area (Å²) in [5, 5.41) is 4.10. The first kappa shape index (κ1) is 16.4. The Morgan fingerprint density at radius 2 is 1.92 bits per heavy atom. The molecule has 0 saturated heterocycles. The Labute approximate surface area is 156 Å². The number of nitrogens with one attached hydrogen (secondary N) is 1. The molecule has 0 aliphatic rings. The Balaban J connectivity index is 1.86. The highest BCUT2D eigenvalue weighted by atomic mass is 79.9. The Hall–Kier alpha value is -2.03. The molecular weight excluding hydrogens is 422 g/mol. The van der Waals surface area contributed by atoms with E-state index in [1.165, 1.54) is 6.26 Å². The number of pyridine rings is 1. The largest absolute Gasteiger partial charge is 0.354 e. The topological polar surface area (TPSA) is 72.0 Å². The maximum atomic E-state index is 11.9. The van der Waals surface area contributed by atoms with Gasteiger partial charge in [0.05, 0.1) is 36.3 Å². The molecule has 126 valence electrons. The first-order valence-corrected chi connectivity index (χ1v) is 10.9. The number of hydrogen-bond acceptors (Lipinski definition) is 6. The molecule has 2 aromatic heterocycles. The summed E-state index contributed by atoms with van der Waals surface area (Å²) in [6.07, 6.45) is 2.89. The SMILES string of the molecule is CS(=O)(=O)c1ccc2nccc(Nc3ccc4scnc4c3Br)c2c1.